The van der Waals surface area contributed by atoms with E-state index in [1.54, 1.807) is 0 Å². The molecule has 0 aliphatic rings. The maximum Gasteiger partial charge on any atom is 0.340 e. The zero-order valence-electron chi connectivity index (χ0n) is 9.95. The second kappa shape index (κ2) is 4.49. The summed E-state index contributed by atoms with van der Waals surface area (Å²) in [5.41, 5.74) is 1.16. The van der Waals surface area contributed by atoms with Crippen molar-refractivity contribution in [3.05, 3.63) is 29.8 Å². The van der Waals surface area contributed by atoms with Crippen LogP contribution < -0.4 is 5.32 Å². The van der Waals surface area contributed by atoms with E-state index < -0.39 is 5.97 Å². The van der Waals surface area contributed by atoms with Crippen LogP contribution in [0.4, 0.5) is 5.82 Å². The maximum absolute atomic E-state index is 11.3. The van der Waals surface area contributed by atoms with Crippen molar-refractivity contribution < 1.29 is 9.90 Å². The van der Waals surface area contributed by atoms with Gasteiger partial charge in [0.2, 0.25) is 0 Å². The predicted octanol–water partition coefficient (Wildman–Crippen LogP) is 3.08. The SMILES string of the molecule is CCC(C)Nc1[nH]c2ccccc2c1C(=O)O. The van der Waals surface area contributed by atoms with Crippen LogP contribution in [-0.2, 0) is 0 Å². The van der Waals surface area contributed by atoms with Crippen molar-refractivity contribution in [2.75, 3.05) is 5.32 Å². The fourth-order valence-electron chi connectivity index (χ4n) is 1.82. The molecule has 4 nitrogen and oxygen atoms in total. The van der Waals surface area contributed by atoms with Gasteiger partial charge in [-0.3, -0.25) is 0 Å². The van der Waals surface area contributed by atoms with E-state index in [2.05, 4.69) is 17.2 Å². The van der Waals surface area contributed by atoms with Crippen LogP contribution in [0.25, 0.3) is 10.9 Å². The van der Waals surface area contributed by atoms with E-state index in [9.17, 15) is 9.90 Å². The van der Waals surface area contributed by atoms with Gasteiger partial charge in [-0.1, -0.05) is 25.1 Å². The van der Waals surface area contributed by atoms with Gasteiger partial charge in [0.05, 0.1) is 0 Å². The average Bonchev–Trinajstić information content (AvgIpc) is 2.66. The lowest BCUT2D eigenvalue weighted by atomic mass is 10.1. The maximum atomic E-state index is 11.3. The Kier molecular flexibility index (Phi) is 3.04. The van der Waals surface area contributed by atoms with Crippen LogP contribution in [0.3, 0.4) is 0 Å². The lowest BCUT2D eigenvalue weighted by Gasteiger charge is -2.11. The van der Waals surface area contributed by atoms with Gasteiger partial charge in [-0.05, 0) is 19.4 Å². The molecule has 0 radical (unpaired) electrons. The molecule has 1 aromatic carbocycles. The number of anilines is 1. The van der Waals surface area contributed by atoms with Crippen LogP contribution in [0, 0.1) is 0 Å². The minimum Gasteiger partial charge on any atom is -0.478 e. The minimum atomic E-state index is -0.909. The molecule has 3 N–H and O–H groups in total. The smallest absolute Gasteiger partial charge is 0.340 e. The molecule has 2 aromatic rings. The van der Waals surface area contributed by atoms with Crippen LogP contribution in [-0.4, -0.2) is 22.1 Å². The number of rotatable bonds is 4. The number of aromatic nitrogens is 1. The molecule has 1 aromatic heterocycles. The Morgan fingerprint density at radius 2 is 2.18 bits per heavy atom. The minimum absolute atomic E-state index is 0.237. The molecule has 2 rings (SSSR count). The Hall–Kier alpha value is -1.97. The second-order valence-electron chi connectivity index (χ2n) is 4.18. The summed E-state index contributed by atoms with van der Waals surface area (Å²) >= 11 is 0. The van der Waals surface area contributed by atoms with Crippen LogP contribution >= 0.6 is 0 Å². The third-order valence-corrected chi connectivity index (χ3v) is 2.92. The van der Waals surface area contributed by atoms with Gasteiger partial charge < -0.3 is 15.4 Å². The quantitative estimate of drug-likeness (QED) is 0.759. The number of carbonyl (C=O) groups is 1. The molecule has 0 saturated heterocycles. The van der Waals surface area contributed by atoms with Gasteiger partial charge >= 0.3 is 5.97 Å². The summed E-state index contributed by atoms with van der Waals surface area (Å²) in [6.45, 7) is 4.08. The van der Waals surface area contributed by atoms with E-state index in [4.69, 9.17) is 0 Å². The molecule has 17 heavy (non-hydrogen) atoms. The lowest BCUT2D eigenvalue weighted by Crippen LogP contribution is -2.15. The van der Waals surface area contributed by atoms with E-state index in [-0.39, 0.29) is 6.04 Å². The summed E-state index contributed by atoms with van der Waals surface area (Å²) in [6.07, 6.45) is 0.939. The first-order valence-corrected chi connectivity index (χ1v) is 5.74. The molecular weight excluding hydrogens is 216 g/mol. The van der Waals surface area contributed by atoms with Crippen LogP contribution in [0.1, 0.15) is 30.6 Å². The lowest BCUT2D eigenvalue weighted by molar-refractivity contribution is 0.0700. The van der Waals surface area contributed by atoms with Crippen molar-refractivity contribution in [3.63, 3.8) is 0 Å². The number of nitrogens with one attached hydrogen (secondary N) is 2. The molecule has 0 aliphatic heterocycles. The Labute approximate surface area is 99.7 Å². The first kappa shape index (κ1) is 11.5. The predicted molar refractivity (Wildman–Crippen MR) is 68.6 cm³/mol. The molecule has 0 bridgehead atoms. The Morgan fingerprint density at radius 3 is 2.82 bits per heavy atom. The summed E-state index contributed by atoms with van der Waals surface area (Å²) in [6, 6.07) is 7.66. The normalized spacial score (nSPS) is 12.6. The van der Waals surface area contributed by atoms with Gasteiger partial charge in [0.15, 0.2) is 0 Å². The van der Waals surface area contributed by atoms with Gasteiger partial charge in [-0.2, -0.15) is 0 Å². The van der Waals surface area contributed by atoms with Crippen LogP contribution in [0.2, 0.25) is 0 Å². The van der Waals surface area contributed by atoms with Gasteiger partial charge in [-0.15, -0.1) is 0 Å². The van der Waals surface area contributed by atoms with Crippen molar-refractivity contribution >= 4 is 22.7 Å². The van der Waals surface area contributed by atoms with Gasteiger partial charge in [0.1, 0.15) is 11.4 Å². The summed E-state index contributed by atoms with van der Waals surface area (Å²) in [5.74, 6) is -0.318. The zero-order chi connectivity index (χ0) is 12.4. The number of hydrogen-bond acceptors (Lipinski definition) is 2. The molecule has 4 heteroatoms. The number of aromatic amines is 1. The number of hydrogen-bond donors (Lipinski definition) is 3. The molecule has 0 amide bonds. The van der Waals surface area contributed by atoms with E-state index in [0.29, 0.717) is 11.4 Å². The number of fused-ring (bicyclic) bond motifs is 1. The Balaban J connectivity index is 2.54. The van der Waals surface area contributed by atoms with E-state index in [1.165, 1.54) is 0 Å². The van der Waals surface area contributed by atoms with E-state index in [1.807, 2.05) is 31.2 Å². The first-order chi connectivity index (χ1) is 8.13. The van der Waals surface area contributed by atoms with E-state index in [0.717, 1.165) is 17.3 Å². The number of aromatic carboxylic acids is 1. The number of carboxylic acids is 1. The molecule has 1 heterocycles. The van der Waals surface area contributed by atoms with Crippen LogP contribution in [0.15, 0.2) is 24.3 Å². The first-order valence-electron chi connectivity index (χ1n) is 5.74. The topological polar surface area (TPSA) is 65.1 Å². The average molecular weight is 232 g/mol. The summed E-state index contributed by atoms with van der Waals surface area (Å²) in [5, 5.41) is 13.2. The van der Waals surface area contributed by atoms with Crippen molar-refractivity contribution in [2.24, 2.45) is 0 Å². The molecule has 0 aliphatic carbocycles. The highest BCUT2D eigenvalue weighted by molar-refractivity contribution is 6.08. The largest absolute Gasteiger partial charge is 0.478 e. The number of H-pyrrole nitrogens is 1. The van der Waals surface area contributed by atoms with Crippen molar-refractivity contribution in [1.29, 1.82) is 0 Å². The number of carboxylic acid groups (broad SMARTS) is 1. The van der Waals surface area contributed by atoms with Crippen molar-refractivity contribution in [3.8, 4) is 0 Å². The highest BCUT2D eigenvalue weighted by Crippen LogP contribution is 2.26. The fourth-order valence-corrected chi connectivity index (χ4v) is 1.82. The zero-order valence-corrected chi connectivity index (χ0v) is 9.95. The highest BCUT2D eigenvalue weighted by Gasteiger charge is 2.18. The second-order valence-corrected chi connectivity index (χ2v) is 4.18. The molecule has 1 unspecified atom stereocenters. The molecule has 0 fully saturated rings. The third-order valence-electron chi connectivity index (χ3n) is 2.92. The summed E-state index contributed by atoms with van der Waals surface area (Å²) in [7, 11) is 0. The summed E-state index contributed by atoms with van der Waals surface area (Å²) < 4.78 is 0. The molecule has 1 atom stereocenters. The molecular formula is C13H16N2O2. The van der Waals surface area contributed by atoms with Crippen molar-refractivity contribution in [1.82, 2.24) is 4.98 Å². The third kappa shape index (κ3) is 2.11. The monoisotopic (exact) mass is 232 g/mol. The number of benzene rings is 1. The number of para-hydroxylation sites is 1. The van der Waals surface area contributed by atoms with Gasteiger partial charge in [-0.25, -0.2) is 4.79 Å². The fraction of sp³-hybridized carbons (Fsp3) is 0.308. The Morgan fingerprint density at radius 1 is 1.47 bits per heavy atom. The standard InChI is InChI=1S/C13H16N2O2/c1-3-8(2)14-12-11(13(16)17)9-6-4-5-7-10(9)15-12/h4-8,14-15H,3H2,1-2H3,(H,16,17). The highest BCUT2D eigenvalue weighted by atomic mass is 16.4. The summed E-state index contributed by atoms with van der Waals surface area (Å²) in [4.78, 5) is 14.4. The molecule has 90 valence electrons. The van der Waals surface area contributed by atoms with Crippen molar-refractivity contribution in [2.45, 2.75) is 26.3 Å². The molecule has 0 spiro atoms. The van der Waals surface area contributed by atoms with E-state index >= 15 is 0 Å². The Bertz CT molecular complexity index is 545. The van der Waals surface area contributed by atoms with Gasteiger partial charge in [0.25, 0.3) is 0 Å². The van der Waals surface area contributed by atoms with Gasteiger partial charge in [0, 0.05) is 16.9 Å². The van der Waals surface area contributed by atoms with Crippen LogP contribution in [0.5, 0.6) is 0 Å². The molecule has 0 saturated carbocycles.